The van der Waals surface area contributed by atoms with Gasteiger partial charge in [0.25, 0.3) is 10.0 Å². The van der Waals surface area contributed by atoms with E-state index >= 15 is 0 Å². The highest BCUT2D eigenvalue weighted by Crippen LogP contribution is 2.44. The average Bonchev–Trinajstić information content (AvgIpc) is 3.00. The molecule has 1 aliphatic carbocycles. The molecule has 0 aromatic heterocycles. The van der Waals surface area contributed by atoms with Crippen molar-refractivity contribution < 1.29 is 13.2 Å². The Bertz CT molecular complexity index is 830. The third-order valence-corrected chi connectivity index (χ3v) is 6.53. The fourth-order valence-corrected chi connectivity index (χ4v) is 5.24. The van der Waals surface area contributed by atoms with Crippen molar-refractivity contribution in [3.8, 4) is 5.75 Å². The van der Waals surface area contributed by atoms with Crippen molar-refractivity contribution in [3.63, 3.8) is 0 Å². The lowest BCUT2D eigenvalue weighted by atomic mass is 10.1. The van der Waals surface area contributed by atoms with Crippen LogP contribution in [0.5, 0.6) is 5.75 Å². The largest absolute Gasteiger partial charge is 0.486 e. The van der Waals surface area contributed by atoms with Crippen LogP contribution in [0.2, 0.25) is 0 Å². The molecule has 1 saturated carbocycles. The first-order chi connectivity index (χ1) is 11.1. The van der Waals surface area contributed by atoms with Crippen molar-refractivity contribution in [1.29, 1.82) is 0 Å². The molecule has 5 heteroatoms. The molecule has 120 valence electrons. The van der Waals surface area contributed by atoms with Gasteiger partial charge in [-0.05, 0) is 50.5 Å². The number of anilines is 1. The van der Waals surface area contributed by atoms with Gasteiger partial charge >= 0.3 is 0 Å². The molecule has 0 saturated heterocycles. The van der Waals surface area contributed by atoms with E-state index in [1.807, 2.05) is 43.3 Å². The van der Waals surface area contributed by atoms with Gasteiger partial charge in [0.1, 0.15) is 11.9 Å². The van der Waals surface area contributed by atoms with E-state index in [0.29, 0.717) is 16.3 Å². The number of fused-ring (bicyclic) bond motifs is 2. The van der Waals surface area contributed by atoms with Crippen LogP contribution >= 0.6 is 0 Å². The lowest BCUT2D eigenvalue weighted by molar-refractivity contribution is 0.180. The van der Waals surface area contributed by atoms with E-state index < -0.39 is 10.0 Å². The van der Waals surface area contributed by atoms with E-state index in [4.69, 9.17) is 4.74 Å². The first-order valence-corrected chi connectivity index (χ1v) is 9.38. The summed E-state index contributed by atoms with van der Waals surface area (Å²) >= 11 is 0. The smallest absolute Gasteiger partial charge is 0.264 e. The molecule has 23 heavy (non-hydrogen) atoms. The summed E-state index contributed by atoms with van der Waals surface area (Å²) in [6, 6.07) is 14.4. The Morgan fingerprint density at radius 3 is 2.57 bits per heavy atom. The van der Waals surface area contributed by atoms with Gasteiger partial charge in [-0.25, -0.2) is 8.42 Å². The van der Waals surface area contributed by atoms with E-state index in [0.717, 1.165) is 24.8 Å². The van der Waals surface area contributed by atoms with Crippen LogP contribution in [-0.4, -0.2) is 20.6 Å². The highest BCUT2D eigenvalue weighted by molar-refractivity contribution is 7.92. The van der Waals surface area contributed by atoms with Gasteiger partial charge < -0.3 is 4.74 Å². The lowest BCUT2D eigenvalue weighted by Crippen LogP contribution is -2.49. The Hall–Kier alpha value is -2.01. The highest BCUT2D eigenvalue weighted by Gasteiger charge is 2.44. The predicted octanol–water partition coefficient (Wildman–Crippen LogP) is 3.50. The quantitative estimate of drug-likeness (QED) is 0.847. The molecule has 2 aromatic rings. The van der Waals surface area contributed by atoms with Crippen molar-refractivity contribution in [1.82, 2.24) is 0 Å². The third kappa shape index (κ3) is 2.30. The summed E-state index contributed by atoms with van der Waals surface area (Å²) in [4.78, 5) is 0.338. The third-order valence-electron chi connectivity index (χ3n) is 4.68. The van der Waals surface area contributed by atoms with Crippen LogP contribution in [0.25, 0.3) is 0 Å². The van der Waals surface area contributed by atoms with Crippen LogP contribution in [-0.2, 0) is 10.0 Å². The van der Waals surface area contributed by atoms with Crippen molar-refractivity contribution in [2.45, 2.75) is 43.2 Å². The molecule has 0 unspecified atom stereocenters. The van der Waals surface area contributed by atoms with Gasteiger partial charge in [-0.1, -0.05) is 29.8 Å². The molecular weight excluding hydrogens is 310 g/mol. The van der Waals surface area contributed by atoms with Crippen LogP contribution in [0, 0.1) is 6.92 Å². The SMILES string of the molecule is Cc1ccc(S(=O)(=O)N2c3ccccc3O[C@@H]3CCC[C@H]32)cc1. The second kappa shape index (κ2) is 5.27. The van der Waals surface area contributed by atoms with Crippen LogP contribution in [0.1, 0.15) is 24.8 Å². The molecule has 1 heterocycles. The number of hydrogen-bond donors (Lipinski definition) is 0. The molecule has 0 radical (unpaired) electrons. The molecule has 2 aliphatic rings. The monoisotopic (exact) mass is 329 g/mol. The summed E-state index contributed by atoms with van der Waals surface area (Å²) in [5, 5.41) is 0. The minimum Gasteiger partial charge on any atom is -0.486 e. The molecule has 0 amide bonds. The number of aryl methyl sites for hydroxylation is 1. The van der Waals surface area contributed by atoms with Crippen molar-refractivity contribution in [2.24, 2.45) is 0 Å². The molecule has 2 aromatic carbocycles. The second-order valence-corrected chi connectivity index (χ2v) is 8.05. The highest BCUT2D eigenvalue weighted by atomic mass is 32.2. The number of hydrogen-bond acceptors (Lipinski definition) is 3. The standard InChI is InChI=1S/C18H19NO3S/c1-13-9-11-14(12-10-13)23(20,21)19-15-5-2-3-7-17(15)22-18-8-4-6-16(18)19/h2-3,5,7,9-12,16,18H,4,6,8H2,1H3/t16-,18-/m1/s1. The maximum absolute atomic E-state index is 13.3. The Labute approximate surface area is 136 Å². The molecule has 1 fully saturated rings. The maximum atomic E-state index is 13.3. The summed E-state index contributed by atoms with van der Waals surface area (Å²) in [6.07, 6.45) is 2.68. The van der Waals surface area contributed by atoms with Gasteiger partial charge in [-0.2, -0.15) is 0 Å². The number of nitrogens with zero attached hydrogens (tertiary/aromatic N) is 1. The molecule has 2 atom stereocenters. The van der Waals surface area contributed by atoms with Crippen LogP contribution in [0.15, 0.2) is 53.4 Å². The lowest BCUT2D eigenvalue weighted by Gasteiger charge is -2.39. The first kappa shape index (κ1) is 14.6. The molecule has 0 N–H and O–H groups in total. The molecule has 0 bridgehead atoms. The van der Waals surface area contributed by atoms with Crippen LogP contribution < -0.4 is 9.04 Å². The van der Waals surface area contributed by atoms with Crippen molar-refractivity contribution >= 4 is 15.7 Å². The van der Waals surface area contributed by atoms with Gasteiger partial charge in [0, 0.05) is 0 Å². The summed E-state index contributed by atoms with van der Waals surface area (Å²) in [7, 11) is -3.59. The molecular formula is C18H19NO3S. The van der Waals surface area contributed by atoms with E-state index in [1.54, 1.807) is 16.4 Å². The Kier molecular flexibility index (Phi) is 3.34. The number of benzene rings is 2. The molecule has 0 spiro atoms. The number of para-hydroxylation sites is 2. The summed E-state index contributed by atoms with van der Waals surface area (Å²) in [5.41, 5.74) is 1.70. The van der Waals surface area contributed by atoms with E-state index in [9.17, 15) is 8.42 Å². The first-order valence-electron chi connectivity index (χ1n) is 7.94. The zero-order valence-corrected chi connectivity index (χ0v) is 13.8. The summed E-state index contributed by atoms with van der Waals surface area (Å²) < 4.78 is 34.2. The van der Waals surface area contributed by atoms with Crippen LogP contribution in [0.4, 0.5) is 5.69 Å². The van der Waals surface area contributed by atoms with E-state index in [1.165, 1.54) is 0 Å². The fourth-order valence-electron chi connectivity index (χ4n) is 3.52. The van der Waals surface area contributed by atoms with Gasteiger partial charge in [-0.3, -0.25) is 4.31 Å². The Morgan fingerprint density at radius 1 is 1.04 bits per heavy atom. The van der Waals surface area contributed by atoms with Gasteiger partial charge in [0.15, 0.2) is 0 Å². The zero-order chi connectivity index (χ0) is 16.0. The summed E-state index contributed by atoms with van der Waals surface area (Å²) in [5.74, 6) is 0.659. The minimum atomic E-state index is -3.59. The summed E-state index contributed by atoms with van der Waals surface area (Å²) in [6.45, 7) is 1.95. The van der Waals surface area contributed by atoms with E-state index in [-0.39, 0.29) is 12.1 Å². The second-order valence-electron chi connectivity index (χ2n) is 6.24. The average molecular weight is 329 g/mol. The zero-order valence-electron chi connectivity index (χ0n) is 13.0. The van der Waals surface area contributed by atoms with E-state index in [2.05, 4.69) is 0 Å². The van der Waals surface area contributed by atoms with Gasteiger partial charge in [-0.15, -0.1) is 0 Å². The number of rotatable bonds is 2. The van der Waals surface area contributed by atoms with Gasteiger partial charge in [0.05, 0.1) is 16.6 Å². The molecule has 4 rings (SSSR count). The van der Waals surface area contributed by atoms with Crippen molar-refractivity contribution in [3.05, 3.63) is 54.1 Å². The van der Waals surface area contributed by atoms with Gasteiger partial charge in [0.2, 0.25) is 0 Å². The Morgan fingerprint density at radius 2 is 1.78 bits per heavy atom. The number of ether oxygens (including phenoxy) is 1. The minimum absolute atomic E-state index is 0.0508. The predicted molar refractivity (Wildman–Crippen MR) is 89.3 cm³/mol. The molecule has 1 aliphatic heterocycles. The molecule has 4 nitrogen and oxygen atoms in total. The number of sulfonamides is 1. The topological polar surface area (TPSA) is 46.6 Å². The van der Waals surface area contributed by atoms with Crippen LogP contribution in [0.3, 0.4) is 0 Å². The van der Waals surface area contributed by atoms with Crippen molar-refractivity contribution in [2.75, 3.05) is 4.31 Å². The Balaban J connectivity index is 1.86. The normalized spacial score (nSPS) is 23.1. The fraction of sp³-hybridized carbons (Fsp3) is 0.333. The maximum Gasteiger partial charge on any atom is 0.264 e.